The predicted octanol–water partition coefficient (Wildman–Crippen LogP) is 3.47. The monoisotopic (exact) mass is 527 g/mol. The molecule has 0 spiro atoms. The fourth-order valence-corrected chi connectivity index (χ4v) is 6.14. The molecule has 1 atom stereocenters. The van der Waals surface area contributed by atoms with Crippen molar-refractivity contribution in [2.45, 2.75) is 76.5 Å². The Bertz CT molecular complexity index is 1300. The van der Waals surface area contributed by atoms with E-state index in [1.165, 1.54) is 0 Å². The summed E-state index contributed by atoms with van der Waals surface area (Å²) in [5.74, 6) is 0. The first-order valence-electron chi connectivity index (χ1n) is 13.0. The molecule has 1 saturated carbocycles. The molecular formula is C26H38BN5O4S. The highest BCUT2D eigenvalue weighted by Crippen LogP contribution is 2.38. The van der Waals surface area contributed by atoms with Crippen LogP contribution in [0.15, 0.2) is 30.5 Å². The zero-order valence-electron chi connectivity index (χ0n) is 22.9. The van der Waals surface area contributed by atoms with Gasteiger partial charge in [-0.1, -0.05) is 19.1 Å². The Morgan fingerprint density at radius 3 is 2.43 bits per heavy atom. The number of anilines is 1. The summed E-state index contributed by atoms with van der Waals surface area (Å²) in [6, 6.07) is 5.73. The standard InChI is InChI=1S/C26H38BN5O4S/c1-8-30(6)31(7)24-11-9-10-23-22(17-28-32(23)24)18-14-19(27-35-25(2,3)26(4,5)36-27)16-20(15-18)29-37(33,34)21-12-13-21/h9-10,14-17,21,24,29H,8,11-13H2,1-7H3. The molecule has 11 heteroatoms. The number of hydrogen-bond donors (Lipinski definition) is 1. The molecule has 1 N–H and O–H groups in total. The molecule has 1 aromatic heterocycles. The molecule has 37 heavy (non-hydrogen) atoms. The molecule has 2 aromatic rings. The van der Waals surface area contributed by atoms with Crippen molar-refractivity contribution in [3.63, 3.8) is 0 Å². The SMILES string of the molecule is CCN(C)N(C)C1CC=Cc2c(-c3cc(NS(=O)(=O)C4CC4)cc(B4OC(C)(C)C(C)(C)O4)c3)cnn21. The van der Waals surface area contributed by atoms with Gasteiger partial charge in [-0.15, -0.1) is 0 Å². The van der Waals surface area contributed by atoms with Crippen LogP contribution in [0.2, 0.25) is 0 Å². The third-order valence-corrected chi connectivity index (χ3v) is 10.1. The van der Waals surface area contributed by atoms with Gasteiger partial charge >= 0.3 is 7.12 Å². The van der Waals surface area contributed by atoms with E-state index in [1.807, 2.05) is 56.8 Å². The van der Waals surface area contributed by atoms with Crippen LogP contribution in [0.3, 0.4) is 0 Å². The predicted molar refractivity (Wildman–Crippen MR) is 148 cm³/mol. The summed E-state index contributed by atoms with van der Waals surface area (Å²) in [5, 5.41) is 8.80. The molecular weight excluding hydrogens is 489 g/mol. The Hall–Kier alpha value is -2.18. The van der Waals surface area contributed by atoms with Crippen molar-refractivity contribution in [2.75, 3.05) is 25.4 Å². The molecule has 0 bridgehead atoms. The molecule has 1 unspecified atom stereocenters. The van der Waals surface area contributed by atoms with E-state index >= 15 is 0 Å². The van der Waals surface area contributed by atoms with E-state index in [0.717, 1.165) is 35.2 Å². The third-order valence-electron chi connectivity index (χ3n) is 8.18. The zero-order chi connectivity index (χ0) is 26.8. The van der Waals surface area contributed by atoms with Gasteiger partial charge in [0.1, 0.15) is 6.17 Å². The van der Waals surface area contributed by atoms with E-state index in [-0.39, 0.29) is 11.4 Å². The van der Waals surface area contributed by atoms with Crippen molar-refractivity contribution >= 4 is 34.4 Å². The van der Waals surface area contributed by atoms with Gasteiger partial charge in [0, 0.05) is 38.3 Å². The smallest absolute Gasteiger partial charge is 0.399 e. The summed E-state index contributed by atoms with van der Waals surface area (Å²) in [5.41, 5.74) is 3.03. The minimum atomic E-state index is -3.44. The zero-order valence-corrected chi connectivity index (χ0v) is 23.7. The molecule has 0 amide bonds. The number of hydrogen-bond acceptors (Lipinski definition) is 7. The van der Waals surface area contributed by atoms with Crippen LogP contribution in [0.5, 0.6) is 0 Å². The van der Waals surface area contributed by atoms with Crippen LogP contribution >= 0.6 is 0 Å². The van der Waals surface area contributed by atoms with Crippen LogP contribution in [0.1, 0.15) is 65.7 Å². The van der Waals surface area contributed by atoms with Gasteiger partial charge in [0.05, 0.1) is 28.3 Å². The minimum Gasteiger partial charge on any atom is -0.399 e. The van der Waals surface area contributed by atoms with Crippen molar-refractivity contribution in [1.82, 2.24) is 19.8 Å². The minimum absolute atomic E-state index is 0.0535. The van der Waals surface area contributed by atoms with Gasteiger partial charge in [-0.05, 0) is 69.8 Å². The van der Waals surface area contributed by atoms with E-state index in [9.17, 15) is 8.42 Å². The van der Waals surface area contributed by atoms with Crippen molar-refractivity contribution in [1.29, 1.82) is 0 Å². The topological polar surface area (TPSA) is 88.9 Å². The Morgan fingerprint density at radius 1 is 1.14 bits per heavy atom. The molecule has 3 heterocycles. The van der Waals surface area contributed by atoms with Gasteiger partial charge in [0.25, 0.3) is 0 Å². The summed E-state index contributed by atoms with van der Waals surface area (Å²) in [6.07, 6.45) is 8.41. The Morgan fingerprint density at radius 2 is 1.81 bits per heavy atom. The van der Waals surface area contributed by atoms with Crippen LogP contribution in [0.25, 0.3) is 17.2 Å². The number of aromatic nitrogens is 2. The second-order valence-corrected chi connectivity index (χ2v) is 13.3. The van der Waals surface area contributed by atoms with Gasteiger partial charge in [-0.3, -0.25) is 4.72 Å². The second-order valence-electron chi connectivity index (χ2n) is 11.3. The number of benzene rings is 1. The van der Waals surface area contributed by atoms with Gasteiger partial charge in [0.2, 0.25) is 10.0 Å². The number of hydrazine groups is 1. The maximum Gasteiger partial charge on any atom is 0.494 e. The van der Waals surface area contributed by atoms with Crippen LogP contribution in [0, 0.1) is 0 Å². The fraction of sp³-hybridized carbons (Fsp3) is 0.577. The molecule has 1 aromatic carbocycles. The van der Waals surface area contributed by atoms with Crippen LogP contribution in [0.4, 0.5) is 5.69 Å². The summed E-state index contributed by atoms with van der Waals surface area (Å²) >= 11 is 0. The Labute approximate surface area is 221 Å². The number of nitrogens with one attached hydrogen (secondary N) is 1. The number of rotatable bonds is 8. The van der Waals surface area contributed by atoms with Crippen LogP contribution < -0.4 is 10.2 Å². The maximum absolute atomic E-state index is 12.8. The average Bonchev–Trinajstić information content (AvgIpc) is 3.57. The molecule has 2 fully saturated rings. The van der Waals surface area contributed by atoms with Crippen LogP contribution in [-0.2, 0) is 19.3 Å². The van der Waals surface area contributed by atoms with E-state index in [2.05, 4.69) is 47.9 Å². The van der Waals surface area contributed by atoms with Crippen molar-refractivity contribution < 1.29 is 17.7 Å². The van der Waals surface area contributed by atoms with Crippen LogP contribution in [-0.4, -0.2) is 72.4 Å². The highest BCUT2D eigenvalue weighted by Gasteiger charge is 2.52. The maximum atomic E-state index is 12.8. The van der Waals surface area contributed by atoms with Gasteiger partial charge in [-0.25, -0.2) is 23.1 Å². The molecule has 0 radical (unpaired) electrons. The van der Waals surface area contributed by atoms with Crippen molar-refractivity contribution in [3.8, 4) is 11.1 Å². The van der Waals surface area contributed by atoms with E-state index < -0.39 is 28.3 Å². The van der Waals surface area contributed by atoms with Gasteiger partial charge < -0.3 is 9.31 Å². The largest absolute Gasteiger partial charge is 0.494 e. The molecule has 200 valence electrons. The lowest BCUT2D eigenvalue weighted by molar-refractivity contribution is -0.0440. The highest BCUT2D eigenvalue weighted by molar-refractivity contribution is 7.93. The molecule has 3 aliphatic rings. The number of fused-ring (bicyclic) bond motifs is 1. The molecule has 5 rings (SSSR count). The quantitative estimate of drug-likeness (QED) is 0.416. The van der Waals surface area contributed by atoms with Gasteiger partial charge in [-0.2, -0.15) is 5.10 Å². The highest BCUT2D eigenvalue weighted by atomic mass is 32.2. The average molecular weight is 528 g/mol. The number of nitrogens with zero attached hydrogens (tertiary/aromatic N) is 4. The van der Waals surface area contributed by atoms with E-state index in [1.54, 1.807) is 0 Å². The lowest BCUT2D eigenvalue weighted by Crippen LogP contribution is -2.42. The normalized spacial score (nSPS) is 22.6. The third kappa shape index (κ3) is 4.88. The first-order valence-corrected chi connectivity index (χ1v) is 14.6. The molecule has 2 aliphatic heterocycles. The number of sulfonamides is 1. The molecule has 9 nitrogen and oxygen atoms in total. The van der Waals surface area contributed by atoms with E-state index in [0.29, 0.717) is 18.5 Å². The fourth-order valence-electron chi connectivity index (χ4n) is 4.77. The van der Waals surface area contributed by atoms with Crippen molar-refractivity contribution in [3.05, 3.63) is 36.2 Å². The molecule has 1 saturated heterocycles. The Kier molecular flexibility index (Phi) is 6.60. The van der Waals surface area contributed by atoms with Gasteiger partial charge in [0.15, 0.2) is 0 Å². The Balaban J connectivity index is 1.56. The lowest BCUT2D eigenvalue weighted by atomic mass is 9.77. The lowest BCUT2D eigenvalue weighted by Gasteiger charge is -2.36. The van der Waals surface area contributed by atoms with Crippen molar-refractivity contribution in [2.24, 2.45) is 0 Å². The van der Waals surface area contributed by atoms with E-state index in [4.69, 9.17) is 14.4 Å². The second kappa shape index (κ2) is 9.23. The molecule has 1 aliphatic carbocycles. The summed E-state index contributed by atoms with van der Waals surface area (Å²) in [7, 11) is 0.0782. The first-order chi connectivity index (χ1) is 17.3. The summed E-state index contributed by atoms with van der Waals surface area (Å²) < 4.78 is 43.2. The first kappa shape index (κ1) is 26.4. The summed E-state index contributed by atoms with van der Waals surface area (Å²) in [6.45, 7) is 11.1. The summed E-state index contributed by atoms with van der Waals surface area (Å²) in [4.78, 5) is 0.